The van der Waals surface area contributed by atoms with Crippen LogP contribution in [0.2, 0.25) is 0 Å². The summed E-state index contributed by atoms with van der Waals surface area (Å²) in [6.07, 6.45) is 3.09. The van der Waals surface area contributed by atoms with E-state index < -0.39 is 0 Å². The summed E-state index contributed by atoms with van der Waals surface area (Å²) in [7, 11) is 3.36. The largest absolute Gasteiger partial charge is 0.493 e. The molecule has 0 radical (unpaired) electrons. The topological polar surface area (TPSA) is 27.7 Å². The lowest BCUT2D eigenvalue weighted by Gasteiger charge is -2.12. The standard InChI is InChI=1S/C14H22O3/c1-4-6-12-7-8-13(16-3)14(11-12)17-10-5-9-15-2/h7-8,11H,4-6,9-10H2,1-3H3. The Kier molecular flexibility index (Phi) is 6.48. The molecule has 0 bridgehead atoms. The van der Waals surface area contributed by atoms with E-state index in [4.69, 9.17) is 14.2 Å². The van der Waals surface area contributed by atoms with Crippen LogP contribution in [0.3, 0.4) is 0 Å². The summed E-state index contributed by atoms with van der Waals surface area (Å²) >= 11 is 0. The minimum absolute atomic E-state index is 0.653. The molecule has 0 fully saturated rings. The summed E-state index contributed by atoms with van der Waals surface area (Å²) in [6, 6.07) is 6.12. The van der Waals surface area contributed by atoms with Gasteiger partial charge in [0.2, 0.25) is 0 Å². The van der Waals surface area contributed by atoms with Crippen molar-refractivity contribution in [3.63, 3.8) is 0 Å². The van der Waals surface area contributed by atoms with Crippen molar-refractivity contribution in [1.82, 2.24) is 0 Å². The second kappa shape index (κ2) is 7.96. The van der Waals surface area contributed by atoms with Crippen LogP contribution in [0.5, 0.6) is 11.5 Å². The number of rotatable bonds is 8. The van der Waals surface area contributed by atoms with Gasteiger partial charge in [0.25, 0.3) is 0 Å². The fraction of sp³-hybridized carbons (Fsp3) is 0.571. The van der Waals surface area contributed by atoms with Crippen molar-refractivity contribution >= 4 is 0 Å². The van der Waals surface area contributed by atoms with Gasteiger partial charge < -0.3 is 14.2 Å². The van der Waals surface area contributed by atoms with Crippen LogP contribution in [-0.4, -0.2) is 27.4 Å². The number of hydrogen-bond donors (Lipinski definition) is 0. The van der Waals surface area contributed by atoms with Crippen molar-refractivity contribution in [3.8, 4) is 11.5 Å². The van der Waals surface area contributed by atoms with E-state index in [9.17, 15) is 0 Å². The highest BCUT2D eigenvalue weighted by molar-refractivity contribution is 5.43. The van der Waals surface area contributed by atoms with Crippen molar-refractivity contribution < 1.29 is 14.2 Å². The van der Waals surface area contributed by atoms with Gasteiger partial charge in [-0.25, -0.2) is 0 Å². The Labute approximate surface area is 104 Å². The van der Waals surface area contributed by atoms with E-state index in [1.54, 1.807) is 14.2 Å². The average molecular weight is 238 g/mol. The smallest absolute Gasteiger partial charge is 0.161 e. The predicted octanol–water partition coefficient (Wildman–Crippen LogP) is 3.06. The van der Waals surface area contributed by atoms with Crippen molar-refractivity contribution in [2.24, 2.45) is 0 Å². The number of benzene rings is 1. The van der Waals surface area contributed by atoms with Gasteiger partial charge in [-0.15, -0.1) is 0 Å². The lowest BCUT2D eigenvalue weighted by atomic mass is 10.1. The molecule has 0 aromatic heterocycles. The van der Waals surface area contributed by atoms with Crippen LogP contribution in [0, 0.1) is 0 Å². The van der Waals surface area contributed by atoms with E-state index in [0.717, 1.165) is 37.4 Å². The molecular weight excluding hydrogens is 216 g/mol. The van der Waals surface area contributed by atoms with Crippen LogP contribution in [0.15, 0.2) is 18.2 Å². The summed E-state index contributed by atoms with van der Waals surface area (Å²) in [6.45, 7) is 3.54. The van der Waals surface area contributed by atoms with Gasteiger partial charge in [-0.05, 0) is 24.1 Å². The second-order valence-electron chi connectivity index (χ2n) is 3.93. The molecule has 0 N–H and O–H groups in total. The summed E-state index contributed by atoms with van der Waals surface area (Å²) < 4.78 is 16.0. The molecule has 17 heavy (non-hydrogen) atoms. The Morgan fingerprint density at radius 2 is 1.88 bits per heavy atom. The molecule has 0 aliphatic rings. The Balaban J connectivity index is 2.62. The third-order valence-electron chi connectivity index (χ3n) is 2.52. The average Bonchev–Trinajstić information content (AvgIpc) is 2.35. The van der Waals surface area contributed by atoms with Crippen LogP contribution in [-0.2, 0) is 11.2 Å². The van der Waals surface area contributed by atoms with Crippen LogP contribution in [0.25, 0.3) is 0 Å². The minimum Gasteiger partial charge on any atom is -0.493 e. The van der Waals surface area contributed by atoms with Gasteiger partial charge >= 0.3 is 0 Å². The Morgan fingerprint density at radius 3 is 2.53 bits per heavy atom. The Morgan fingerprint density at radius 1 is 1.06 bits per heavy atom. The quantitative estimate of drug-likeness (QED) is 0.651. The maximum atomic E-state index is 5.71. The molecule has 0 saturated carbocycles. The molecule has 0 heterocycles. The van der Waals surface area contributed by atoms with Gasteiger partial charge in [-0.3, -0.25) is 0 Å². The molecule has 0 saturated heterocycles. The van der Waals surface area contributed by atoms with Crippen LogP contribution >= 0.6 is 0 Å². The Bertz CT molecular complexity index is 323. The molecule has 0 spiro atoms. The monoisotopic (exact) mass is 238 g/mol. The van der Waals surface area contributed by atoms with Crippen molar-refractivity contribution in [2.45, 2.75) is 26.2 Å². The number of hydrogen-bond acceptors (Lipinski definition) is 3. The highest BCUT2D eigenvalue weighted by Crippen LogP contribution is 2.28. The molecule has 1 aromatic carbocycles. The lowest BCUT2D eigenvalue weighted by Crippen LogP contribution is -2.03. The number of methoxy groups -OCH3 is 2. The second-order valence-corrected chi connectivity index (χ2v) is 3.93. The first-order chi connectivity index (χ1) is 8.31. The first-order valence-corrected chi connectivity index (χ1v) is 6.10. The van der Waals surface area contributed by atoms with Gasteiger partial charge in [0.05, 0.1) is 13.7 Å². The predicted molar refractivity (Wildman–Crippen MR) is 69.0 cm³/mol. The number of ether oxygens (including phenoxy) is 3. The molecule has 3 heteroatoms. The third kappa shape index (κ3) is 4.65. The molecule has 0 amide bonds. The van der Waals surface area contributed by atoms with Crippen molar-refractivity contribution in [2.75, 3.05) is 27.4 Å². The molecule has 0 aliphatic carbocycles. The van der Waals surface area contributed by atoms with Gasteiger partial charge in [0.15, 0.2) is 11.5 Å². The molecule has 0 aliphatic heterocycles. The lowest BCUT2D eigenvalue weighted by molar-refractivity contribution is 0.170. The van der Waals surface area contributed by atoms with E-state index in [2.05, 4.69) is 19.1 Å². The molecule has 1 rings (SSSR count). The molecule has 3 nitrogen and oxygen atoms in total. The zero-order valence-electron chi connectivity index (χ0n) is 11.0. The van der Waals surface area contributed by atoms with Gasteiger partial charge in [0, 0.05) is 20.1 Å². The fourth-order valence-electron chi connectivity index (χ4n) is 1.66. The summed E-state index contributed by atoms with van der Waals surface area (Å²) in [5.74, 6) is 1.62. The van der Waals surface area contributed by atoms with E-state index in [0.29, 0.717) is 6.61 Å². The summed E-state index contributed by atoms with van der Waals surface area (Å²) in [4.78, 5) is 0. The zero-order valence-corrected chi connectivity index (χ0v) is 11.0. The molecule has 0 unspecified atom stereocenters. The highest BCUT2D eigenvalue weighted by atomic mass is 16.5. The SMILES string of the molecule is CCCc1ccc(OC)c(OCCCOC)c1. The van der Waals surface area contributed by atoms with Crippen molar-refractivity contribution in [3.05, 3.63) is 23.8 Å². The van der Waals surface area contributed by atoms with E-state index in [-0.39, 0.29) is 0 Å². The zero-order chi connectivity index (χ0) is 12.5. The van der Waals surface area contributed by atoms with Gasteiger partial charge in [-0.1, -0.05) is 19.4 Å². The molecule has 96 valence electrons. The van der Waals surface area contributed by atoms with Crippen LogP contribution in [0.1, 0.15) is 25.3 Å². The maximum Gasteiger partial charge on any atom is 0.161 e. The van der Waals surface area contributed by atoms with E-state index in [1.165, 1.54) is 5.56 Å². The van der Waals surface area contributed by atoms with E-state index in [1.807, 2.05) is 6.07 Å². The van der Waals surface area contributed by atoms with Gasteiger partial charge in [0.1, 0.15) is 0 Å². The van der Waals surface area contributed by atoms with Gasteiger partial charge in [-0.2, -0.15) is 0 Å². The van der Waals surface area contributed by atoms with Crippen LogP contribution in [0.4, 0.5) is 0 Å². The first kappa shape index (κ1) is 13.8. The molecule has 1 aromatic rings. The summed E-state index contributed by atoms with van der Waals surface area (Å²) in [5.41, 5.74) is 1.29. The Hall–Kier alpha value is -1.22. The van der Waals surface area contributed by atoms with E-state index >= 15 is 0 Å². The fourth-order valence-corrected chi connectivity index (χ4v) is 1.66. The van der Waals surface area contributed by atoms with Crippen molar-refractivity contribution in [1.29, 1.82) is 0 Å². The minimum atomic E-state index is 0.653. The third-order valence-corrected chi connectivity index (χ3v) is 2.52. The molecular formula is C14H22O3. The number of aryl methyl sites for hydroxylation is 1. The maximum absolute atomic E-state index is 5.71. The van der Waals surface area contributed by atoms with Crippen LogP contribution < -0.4 is 9.47 Å². The molecule has 0 atom stereocenters. The highest BCUT2D eigenvalue weighted by Gasteiger charge is 2.05. The summed E-state index contributed by atoms with van der Waals surface area (Å²) in [5, 5.41) is 0. The normalized spacial score (nSPS) is 10.3. The first-order valence-electron chi connectivity index (χ1n) is 6.10.